The lowest BCUT2D eigenvalue weighted by atomic mass is 10.0. The number of methoxy groups -OCH3 is 1. The van der Waals surface area contributed by atoms with Gasteiger partial charge in [-0.2, -0.15) is 0 Å². The maximum atomic E-state index is 12.3. The second-order valence-electron chi connectivity index (χ2n) is 6.38. The molecule has 1 aliphatic heterocycles. The van der Waals surface area contributed by atoms with Crippen molar-refractivity contribution in [1.82, 2.24) is 15.2 Å². The average molecular weight is 321 g/mol. The molecule has 1 aliphatic rings. The Labute approximate surface area is 136 Å². The van der Waals surface area contributed by atoms with E-state index in [-0.39, 0.29) is 5.91 Å². The summed E-state index contributed by atoms with van der Waals surface area (Å²) in [5.41, 5.74) is 0.261. The first-order chi connectivity index (χ1) is 10.8. The van der Waals surface area contributed by atoms with Crippen LogP contribution >= 0.6 is 0 Å². The van der Waals surface area contributed by atoms with Crippen LogP contribution in [0.5, 0.6) is 5.75 Å². The maximum Gasteiger partial charge on any atom is 0.410 e. The fourth-order valence-electron chi connectivity index (χ4n) is 2.24. The van der Waals surface area contributed by atoms with E-state index in [2.05, 4.69) is 10.3 Å². The Kier molecular flexibility index (Phi) is 5.08. The van der Waals surface area contributed by atoms with Gasteiger partial charge >= 0.3 is 6.09 Å². The smallest absolute Gasteiger partial charge is 0.410 e. The van der Waals surface area contributed by atoms with Crippen LogP contribution in [0, 0.1) is 0 Å². The van der Waals surface area contributed by atoms with Gasteiger partial charge in [-0.05, 0) is 33.3 Å². The van der Waals surface area contributed by atoms with Crippen molar-refractivity contribution in [2.24, 2.45) is 0 Å². The van der Waals surface area contributed by atoms with Crippen molar-refractivity contribution in [3.63, 3.8) is 0 Å². The highest BCUT2D eigenvalue weighted by Crippen LogP contribution is 2.22. The number of pyridine rings is 1. The van der Waals surface area contributed by atoms with Gasteiger partial charge in [0.1, 0.15) is 17.4 Å². The molecule has 0 aliphatic carbocycles. The Bertz CT molecular complexity index is 583. The number of carbonyl (C=O) groups is 2. The van der Waals surface area contributed by atoms with Crippen LogP contribution in [0.2, 0.25) is 0 Å². The minimum absolute atomic E-state index is 0.194. The van der Waals surface area contributed by atoms with Crippen LogP contribution < -0.4 is 10.1 Å². The average Bonchev–Trinajstić information content (AvgIpc) is 2.42. The van der Waals surface area contributed by atoms with Crippen molar-refractivity contribution in [1.29, 1.82) is 0 Å². The van der Waals surface area contributed by atoms with E-state index in [0.29, 0.717) is 25.3 Å². The molecule has 0 radical (unpaired) electrons. The van der Waals surface area contributed by atoms with Gasteiger partial charge in [0.2, 0.25) is 5.91 Å². The molecule has 7 heteroatoms. The summed E-state index contributed by atoms with van der Waals surface area (Å²) < 4.78 is 10.5. The van der Waals surface area contributed by atoms with Crippen LogP contribution in [-0.2, 0) is 16.1 Å². The summed E-state index contributed by atoms with van der Waals surface area (Å²) in [6, 6.07) is 1.31. The summed E-state index contributed by atoms with van der Waals surface area (Å²) in [4.78, 5) is 29.7. The summed E-state index contributed by atoms with van der Waals surface area (Å²) in [6.45, 7) is 6.26. The monoisotopic (exact) mass is 321 g/mol. The highest BCUT2D eigenvalue weighted by molar-refractivity contribution is 5.87. The molecule has 0 aromatic carbocycles. The van der Waals surface area contributed by atoms with Gasteiger partial charge in [-0.3, -0.25) is 14.7 Å². The van der Waals surface area contributed by atoms with Gasteiger partial charge in [-0.1, -0.05) is 0 Å². The number of nitrogens with zero attached hydrogens (tertiary/aromatic N) is 2. The third-order valence-corrected chi connectivity index (χ3v) is 3.49. The predicted molar refractivity (Wildman–Crippen MR) is 84.0 cm³/mol. The summed E-state index contributed by atoms with van der Waals surface area (Å²) in [5.74, 6) is 0.423. The predicted octanol–water partition coefficient (Wildman–Crippen LogP) is 1.72. The second kappa shape index (κ2) is 6.85. The molecule has 1 atom stereocenters. The van der Waals surface area contributed by atoms with Crippen molar-refractivity contribution < 1.29 is 19.1 Å². The van der Waals surface area contributed by atoms with Crippen LogP contribution in [0.1, 0.15) is 32.8 Å². The van der Waals surface area contributed by atoms with Gasteiger partial charge in [0.15, 0.2) is 0 Å². The first-order valence-electron chi connectivity index (χ1n) is 7.56. The number of nitrogens with one attached hydrogen (secondary N) is 1. The molecule has 1 aromatic heterocycles. The van der Waals surface area contributed by atoms with Crippen molar-refractivity contribution >= 4 is 12.0 Å². The molecule has 0 saturated carbocycles. The molecular formula is C16H23N3O4. The highest BCUT2D eigenvalue weighted by atomic mass is 16.6. The largest absolute Gasteiger partial charge is 0.495 e. The number of rotatable bonds is 4. The van der Waals surface area contributed by atoms with Crippen molar-refractivity contribution in [3.05, 3.63) is 24.0 Å². The molecule has 0 spiro atoms. The number of ether oxygens (including phenoxy) is 2. The molecule has 23 heavy (non-hydrogen) atoms. The Morgan fingerprint density at radius 1 is 1.43 bits per heavy atom. The van der Waals surface area contributed by atoms with Crippen LogP contribution in [0.15, 0.2) is 18.5 Å². The first kappa shape index (κ1) is 17.1. The van der Waals surface area contributed by atoms with E-state index < -0.39 is 17.7 Å². The molecule has 7 nitrogen and oxygen atoms in total. The molecule has 2 rings (SSSR count). The zero-order valence-electron chi connectivity index (χ0n) is 14.0. The Morgan fingerprint density at radius 3 is 2.74 bits per heavy atom. The molecule has 0 unspecified atom stereocenters. The number of aromatic nitrogens is 1. The molecular weight excluding hydrogens is 298 g/mol. The van der Waals surface area contributed by atoms with E-state index >= 15 is 0 Å². The molecule has 2 amide bonds. The number of hydrogen-bond acceptors (Lipinski definition) is 5. The van der Waals surface area contributed by atoms with Gasteiger partial charge in [-0.25, -0.2) is 4.79 Å². The lowest BCUT2D eigenvalue weighted by Gasteiger charge is -2.40. The van der Waals surface area contributed by atoms with E-state index in [1.807, 2.05) is 0 Å². The molecule has 1 fully saturated rings. The molecule has 1 N–H and O–H groups in total. The minimum atomic E-state index is -0.571. The van der Waals surface area contributed by atoms with E-state index in [9.17, 15) is 9.59 Å². The van der Waals surface area contributed by atoms with Gasteiger partial charge in [-0.15, -0.1) is 0 Å². The summed E-state index contributed by atoms with van der Waals surface area (Å²) in [5, 5.41) is 2.83. The van der Waals surface area contributed by atoms with Crippen LogP contribution in [-0.4, -0.2) is 47.2 Å². The molecule has 2 heterocycles. The fraction of sp³-hybridized carbons (Fsp3) is 0.562. The lowest BCUT2D eigenvalue weighted by Crippen LogP contribution is -2.59. The van der Waals surface area contributed by atoms with Crippen molar-refractivity contribution in [2.45, 2.75) is 45.4 Å². The number of likely N-dealkylation sites (tertiary alicyclic amines) is 1. The van der Waals surface area contributed by atoms with E-state index in [4.69, 9.17) is 9.47 Å². The van der Waals surface area contributed by atoms with Gasteiger partial charge in [0.25, 0.3) is 0 Å². The third kappa shape index (κ3) is 4.34. The zero-order chi connectivity index (χ0) is 17.0. The SMILES string of the molecule is COc1cnccc1CNC(=O)[C@H]1CCN1C(=O)OC(C)(C)C. The maximum absolute atomic E-state index is 12.3. The topological polar surface area (TPSA) is 80.8 Å². The Morgan fingerprint density at radius 2 is 2.17 bits per heavy atom. The zero-order valence-corrected chi connectivity index (χ0v) is 14.0. The van der Waals surface area contributed by atoms with Gasteiger partial charge < -0.3 is 14.8 Å². The summed E-state index contributed by atoms with van der Waals surface area (Å²) in [7, 11) is 1.55. The lowest BCUT2D eigenvalue weighted by molar-refractivity contribution is -0.130. The van der Waals surface area contributed by atoms with Gasteiger partial charge in [0.05, 0.1) is 13.3 Å². The fourth-order valence-corrected chi connectivity index (χ4v) is 2.24. The minimum Gasteiger partial charge on any atom is -0.495 e. The Balaban J connectivity index is 1.90. The number of amides is 2. The normalized spacial score (nSPS) is 17.2. The molecule has 1 saturated heterocycles. The van der Waals surface area contributed by atoms with Gasteiger partial charge in [0, 0.05) is 24.8 Å². The molecule has 126 valence electrons. The number of carbonyl (C=O) groups excluding carboxylic acids is 2. The summed E-state index contributed by atoms with van der Waals surface area (Å²) >= 11 is 0. The standard InChI is InChI=1S/C16H23N3O4/c1-16(2,3)23-15(21)19-8-6-12(19)14(20)18-9-11-5-7-17-10-13(11)22-4/h5,7,10,12H,6,8-9H2,1-4H3,(H,18,20)/t12-/m1/s1. The second-order valence-corrected chi connectivity index (χ2v) is 6.38. The summed E-state index contributed by atoms with van der Waals surface area (Å²) in [6.07, 6.45) is 3.42. The third-order valence-electron chi connectivity index (χ3n) is 3.49. The van der Waals surface area contributed by atoms with Crippen LogP contribution in [0.4, 0.5) is 4.79 Å². The number of hydrogen-bond donors (Lipinski definition) is 1. The molecule has 0 bridgehead atoms. The van der Waals surface area contributed by atoms with E-state index in [1.165, 1.54) is 4.90 Å². The van der Waals surface area contributed by atoms with Crippen LogP contribution in [0.3, 0.4) is 0 Å². The van der Waals surface area contributed by atoms with E-state index in [1.54, 1.807) is 46.3 Å². The first-order valence-corrected chi connectivity index (χ1v) is 7.56. The van der Waals surface area contributed by atoms with Crippen molar-refractivity contribution in [3.8, 4) is 5.75 Å². The van der Waals surface area contributed by atoms with E-state index in [0.717, 1.165) is 5.56 Å². The van der Waals surface area contributed by atoms with Crippen molar-refractivity contribution in [2.75, 3.05) is 13.7 Å². The Hall–Kier alpha value is -2.31. The quantitative estimate of drug-likeness (QED) is 0.913. The molecule has 1 aromatic rings. The highest BCUT2D eigenvalue weighted by Gasteiger charge is 2.39. The van der Waals surface area contributed by atoms with Crippen LogP contribution in [0.25, 0.3) is 0 Å².